The van der Waals surface area contributed by atoms with Crippen molar-refractivity contribution in [2.75, 3.05) is 18.6 Å². The first kappa shape index (κ1) is 21.9. The molecule has 3 aromatic rings. The lowest BCUT2D eigenvalue weighted by molar-refractivity contribution is -0.121. The number of anilines is 1. The molecule has 9 nitrogen and oxygen atoms in total. The van der Waals surface area contributed by atoms with Gasteiger partial charge in [-0.1, -0.05) is 52.3 Å². The second-order valence-electron chi connectivity index (χ2n) is 7.65. The van der Waals surface area contributed by atoms with Crippen LogP contribution in [0.1, 0.15) is 11.5 Å². The molecule has 1 saturated heterocycles. The summed E-state index contributed by atoms with van der Waals surface area (Å²) in [7, 11) is 1.55. The summed E-state index contributed by atoms with van der Waals surface area (Å²) in [6.07, 6.45) is -0.337. The number of aryl methyl sites for hydroxylation is 1. The predicted octanol–water partition coefficient (Wildman–Crippen LogP) is 3.39. The number of ether oxygens (including phenoxy) is 1. The maximum Gasteiger partial charge on any atom is 0.241 e. The molecule has 0 aliphatic carbocycles. The van der Waals surface area contributed by atoms with E-state index >= 15 is 0 Å². The van der Waals surface area contributed by atoms with Crippen LogP contribution in [0.2, 0.25) is 5.02 Å². The van der Waals surface area contributed by atoms with Crippen LogP contribution in [-0.4, -0.2) is 41.0 Å². The molecule has 2 aliphatic heterocycles. The summed E-state index contributed by atoms with van der Waals surface area (Å²) in [5, 5.41) is 5.03. The van der Waals surface area contributed by atoms with Gasteiger partial charge < -0.3 is 9.26 Å². The fraction of sp³-hybridized carbons (Fsp3) is 0.273. The van der Waals surface area contributed by atoms with E-state index < -0.39 is 0 Å². The average Bonchev–Trinajstić information content (AvgIpc) is 3.47. The number of hydrogen-bond acceptors (Lipinski definition) is 9. The van der Waals surface area contributed by atoms with Crippen molar-refractivity contribution in [3.8, 4) is 17.1 Å². The fourth-order valence-corrected chi connectivity index (χ4v) is 4.88. The summed E-state index contributed by atoms with van der Waals surface area (Å²) < 4.78 is 10.7. The minimum Gasteiger partial charge on any atom is -0.495 e. The van der Waals surface area contributed by atoms with Crippen LogP contribution in [-0.2, 0) is 10.5 Å². The fourth-order valence-electron chi connectivity index (χ4n) is 3.74. The van der Waals surface area contributed by atoms with Crippen molar-refractivity contribution in [3.63, 3.8) is 0 Å². The minimum atomic E-state index is -0.337. The van der Waals surface area contributed by atoms with E-state index in [1.165, 1.54) is 11.8 Å². The van der Waals surface area contributed by atoms with Crippen LogP contribution >= 0.6 is 23.4 Å². The Morgan fingerprint density at radius 2 is 2.18 bits per heavy atom. The first-order chi connectivity index (χ1) is 16.0. The minimum absolute atomic E-state index is 0.0674. The molecule has 33 heavy (non-hydrogen) atoms. The molecule has 0 saturated carbocycles. The molecule has 11 heteroatoms. The van der Waals surface area contributed by atoms with Gasteiger partial charge >= 0.3 is 0 Å². The van der Waals surface area contributed by atoms with Crippen molar-refractivity contribution >= 4 is 40.1 Å². The zero-order valence-corrected chi connectivity index (χ0v) is 19.5. The van der Waals surface area contributed by atoms with Gasteiger partial charge in [-0.25, -0.2) is 10.4 Å². The molecule has 1 fully saturated rings. The van der Waals surface area contributed by atoms with E-state index in [9.17, 15) is 4.79 Å². The summed E-state index contributed by atoms with van der Waals surface area (Å²) in [4.78, 5) is 24.2. The third-order valence-corrected chi connectivity index (χ3v) is 6.63. The van der Waals surface area contributed by atoms with Crippen LogP contribution in [0, 0.1) is 12.8 Å². The first-order valence-electron chi connectivity index (χ1n) is 10.3. The summed E-state index contributed by atoms with van der Waals surface area (Å²) in [6, 6.07) is 13.1. The van der Waals surface area contributed by atoms with E-state index in [0.29, 0.717) is 45.6 Å². The molecule has 2 N–H and O–H groups in total. The van der Waals surface area contributed by atoms with E-state index in [0.717, 1.165) is 11.1 Å². The Hall–Kier alpha value is -2.92. The van der Waals surface area contributed by atoms with Crippen LogP contribution in [0.4, 0.5) is 5.69 Å². The largest absolute Gasteiger partial charge is 0.495 e. The summed E-state index contributed by atoms with van der Waals surface area (Å²) >= 11 is 7.68. The molecular weight excluding hydrogens is 464 g/mol. The topological polar surface area (TPSA) is 105 Å². The van der Waals surface area contributed by atoms with E-state index in [-0.39, 0.29) is 18.0 Å². The zero-order chi connectivity index (χ0) is 22.9. The molecule has 1 amide bonds. The molecular formula is C22H21ClN6O3S. The quantitative estimate of drug-likeness (QED) is 0.567. The molecule has 1 aromatic heterocycles. The highest BCUT2D eigenvalue weighted by Crippen LogP contribution is 2.34. The maximum atomic E-state index is 13.3. The highest BCUT2D eigenvalue weighted by atomic mass is 35.5. The van der Waals surface area contributed by atoms with Gasteiger partial charge in [0.15, 0.2) is 5.17 Å². The molecule has 0 spiro atoms. The molecule has 5 rings (SSSR count). The predicted molar refractivity (Wildman–Crippen MR) is 127 cm³/mol. The third kappa shape index (κ3) is 4.34. The molecule has 2 aromatic carbocycles. The van der Waals surface area contributed by atoms with Gasteiger partial charge in [0, 0.05) is 12.1 Å². The van der Waals surface area contributed by atoms with E-state index in [1.54, 1.807) is 30.2 Å². The van der Waals surface area contributed by atoms with Crippen molar-refractivity contribution < 1.29 is 14.1 Å². The Bertz CT molecular complexity index is 1230. The number of hydrazine groups is 1. The van der Waals surface area contributed by atoms with E-state index in [1.807, 2.05) is 31.2 Å². The van der Waals surface area contributed by atoms with E-state index in [4.69, 9.17) is 25.9 Å². The van der Waals surface area contributed by atoms with Gasteiger partial charge in [0.2, 0.25) is 17.6 Å². The number of hydrogen-bond donors (Lipinski definition) is 2. The number of aromatic nitrogens is 2. The van der Waals surface area contributed by atoms with Gasteiger partial charge in [-0.05, 0) is 31.2 Å². The van der Waals surface area contributed by atoms with Gasteiger partial charge in [-0.3, -0.25) is 15.1 Å². The van der Waals surface area contributed by atoms with Gasteiger partial charge in [0.1, 0.15) is 11.9 Å². The first-order valence-corrected chi connectivity index (χ1v) is 11.7. The Kier molecular flexibility index (Phi) is 6.07. The van der Waals surface area contributed by atoms with Crippen LogP contribution < -0.4 is 20.5 Å². The number of aliphatic imine (C=N–C) groups is 1. The number of amidine groups is 1. The molecule has 2 aliphatic rings. The van der Waals surface area contributed by atoms with Crippen LogP contribution in [0.25, 0.3) is 11.4 Å². The summed E-state index contributed by atoms with van der Waals surface area (Å²) in [6.45, 7) is 2.51. The maximum absolute atomic E-state index is 13.3. The van der Waals surface area contributed by atoms with Gasteiger partial charge in [0.05, 0.1) is 29.5 Å². The smallest absolute Gasteiger partial charge is 0.241 e. The normalized spacial score (nSPS) is 20.0. The monoisotopic (exact) mass is 484 g/mol. The van der Waals surface area contributed by atoms with Crippen molar-refractivity contribution in [3.05, 3.63) is 58.9 Å². The summed E-state index contributed by atoms with van der Waals surface area (Å²) in [5.41, 5.74) is 8.69. The molecule has 0 radical (unpaired) electrons. The SMILES string of the molecule is COc1ccc(N2C(=O)C3CNNC3N=C2SCc2nc(-c3cccc(C)c3)no2)cc1Cl. The molecule has 170 valence electrons. The Labute approximate surface area is 199 Å². The lowest BCUT2D eigenvalue weighted by Gasteiger charge is -2.32. The number of methoxy groups -OCH3 is 1. The van der Waals surface area contributed by atoms with Gasteiger partial charge in [-0.2, -0.15) is 4.98 Å². The highest BCUT2D eigenvalue weighted by molar-refractivity contribution is 8.13. The lowest BCUT2D eigenvalue weighted by atomic mass is 10.0. The van der Waals surface area contributed by atoms with Crippen molar-refractivity contribution in [1.29, 1.82) is 0 Å². The van der Waals surface area contributed by atoms with Crippen LogP contribution in [0.3, 0.4) is 0 Å². The Morgan fingerprint density at radius 1 is 1.30 bits per heavy atom. The number of nitrogens with zero attached hydrogens (tertiary/aromatic N) is 4. The van der Waals surface area contributed by atoms with Gasteiger partial charge in [-0.15, -0.1) is 0 Å². The summed E-state index contributed by atoms with van der Waals surface area (Å²) in [5.74, 6) is 1.48. The number of fused-ring (bicyclic) bond motifs is 1. The standard InChI is InChI=1S/C22H21ClN6O3S/c1-12-4-3-5-13(8-12)19-25-18(32-28-19)11-33-22-26-20-15(10-24-27-20)21(30)29(22)14-6-7-17(31-2)16(23)9-14/h3-9,15,20,24,27H,10-11H2,1-2H3. The number of rotatable bonds is 5. The number of halogens is 1. The Balaban J connectivity index is 1.40. The average molecular weight is 485 g/mol. The van der Waals surface area contributed by atoms with Crippen molar-refractivity contribution in [1.82, 2.24) is 21.0 Å². The highest BCUT2D eigenvalue weighted by Gasteiger charge is 2.42. The van der Waals surface area contributed by atoms with Gasteiger partial charge in [0.25, 0.3) is 0 Å². The number of amides is 1. The zero-order valence-electron chi connectivity index (χ0n) is 17.9. The molecule has 3 heterocycles. The number of thioether (sulfide) groups is 1. The van der Waals surface area contributed by atoms with Crippen LogP contribution in [0.15, 0.2) is 52.0 Å². The third-order valence-electron chi connectivity index (χ3n) is 5.39. The molecule has 2 atom stereocenters. The molecule has 2 unspecified atom stereocenters. The Morgan fingerprint density at radius 3 is 2.97 bits per heavy atom. The van der Waals surface area contributed by atoms with E-state index in [2.05, 4.69) is 21.0 Å². The number of carbonyl (C=O) groups is 1. The number of nitrogens with one attached hydrogen (secondary N) is 2. The second kappa shape index (κ2) is 9.14. The molecule has 0 bridgehead atoms. The lowest BCUT2D eigenvalue weighted by Crippen LogP contribution is -2.49. The van der Waals surface area contributed by atoms with Crippen LogP contribution in [0.5, 0.6) is 5.75 Å². The number of carbonyl (C=O) groups excluding carboxylic acids is 1. The second-order valence-corrected chi connectivity index (χ2v) is 9.00. The number of benzene rings is 2. The van der Waals surface area contributed by atoms with Crippen molar-refractivity contribution in [2.45, 2.75) is 18.8 Å². The van der Waals surface area contributed by atoms with Crippen molar-refractivity contribution in [2.24, 2.45) is 10.9 Å².